The predicted molar refractivity (Wildman–Crippen MR) is 73.4 cm³/mol. The van der Waals surface area contributed by atoms with Gasteiger partial charge < -0.3 is 10.1 Å². The van der Waals surface area contributed by atoms with Crippen molar-refractivity contribution in [3.05, 3.63) is 0 Å². The molecule has 1 N–H and O–H groups in total. The quantitative estimate of drug-likeness (QED) is 0.740. The molecule has 1 saturated heterocycles. The fourth-order valence-electron chi connectivity index (χ4n) is 2.57. The highest BCUT2D eigenvalue weighted by molar-refractivity contribution is 4.82. The molecule has 0 amide bonds. The van der Waals surface area contributed by atoms with Crippen molar-refractivity contribution < 1.29 is 4.74 Å². The Hall–Kier alpha value is -0.120. The van der Waals surface area contributed by atoms with Crippen molar-refractivity contribution in [1.82, 2.24) is 10.2 Å². The molecule has 1 rings (SSSR count). The van der Waals surface area contributed by atoms with Gasteiger partial charge >= 0.3 is 0 Å². The van der Waals surface area contributed by atoms with Crippen molar-refractivity contribution in [3.8, 4) is 0 Å². The van der Waals surface area contributed by atoms with Gasteiger partial charge in [-0.05, 0) is 39.2 Å². The number of hydrogen-bond donors (Lipinski definition) is 1. The van der Waals surface area contributed by atoms with Crippen LogP contribution in [0.25, 0.3) is 0 Å². The summed E-state index contributed by atoms with van der Waals surface area (Å²) >= 11 is 0. The zero-order valence-corrected chi connectivity index (χ0v) is 12.2. The molecule has 3 nitrogen and oxygen atoms in total. The van der Waals surface area contributed by atoms with Gasteiger partial charge in [-0.1, -0.05) is 13.8 Å². The molecule has 3 atom stereocenters. The number of hydrogen-bond acceptors (Lipinski definition) is 3. The van der Waals surface area contributed by atoms with E-state index in [1.165, 1.54) is 19.4 Å². The van der Waals surface area contributed by atoms with Crippen LogP contribution >= 0.6 is 0 Å². The molecule has 0 aromatic rings. The minimum absolute atomic E-state index is 0.301. The van der Waals surface area contributed by atoms with E-state index in [-0.39, 0.29) is 0 Å². The first kappa shape index (κ1) is 14.9. The number of rotatable bonds is 7. The fraction of sp³-hybridized carbons (Fsp3) is 1.00. The van der Waals surface area contributed by atoms with Crippen molar-refractivity contribution in [2.75, 3.05) is 26.7 Å². The molecule has 1 aliphatic rings. The van der Waals surface area contributed by atoms with Gasteiger partial charge in [0.25, 0.3) is 0 Å². The van der Waals surface area contributed by atoms with E-state index in [1.807, 2.05) is 7.11 Å². The van der Waals surface area contributed by atoms with E-state index in [4.69, 9.17) is 4.74 Å². The van der Waals surface area contributed by atoms with Crippen LogP contribution in [0, 0.1) is 5.92 Å². The Bertz CT molecular complexity index is 202. The smallest absolute Gasteiger partial charge is 0.0695 e. The zero-order chi connectivity index (χ0) is 12.8. The van der Waals surface area contributed by atoms with Crippen LogP contribution in [0.1, 0.15) is 40.5 Å². The highest BCUT2D eigenvalue weighted by Crippen LogP contribution is 2.14. The van der Waals surface area contributed by atoms with Gasteiger partial charge in [0.05, 0.1) is 6.10 Å². The van der Waals surface area contributed by atoms with E-state index in [9.17, 15) is 0 Å². The minimum atomic E-state index is 0.301. The molecule has 0 saturated carbocycles. The highest BCUT2D eigenvalue weighted by atomic mass is 16.5. The molecule has 102 valence electrons. The summed E-state index contributed by atoms with van der Waals surface area (Å²) in [5.74, 6) is 0.711. The summed E-state index contributed by atoms with van der Waals surface area (Å²) in [5, 5.41) is 3.59. The molecule has 3 heteroatoms. The molecule has 1 heterocycles. The van der Waals surface area contributed by atoms with E-state index >= 15 is 0 Å². The second-order valence-electron chi connectivity index (χ2n) is 5.82. The lowest BCUT2D eigenvalue weighted by Crippen LogP contribution is -2.48. The van der Waals surface area contributed by atoms with Crippen LogP contribution < -0.4 is 5.32 Å². The Morgan fingerprint density at radius 3 is 2.47 bits per heavy atom. The summed E-state index contributed by atoms with van der Waals surface area (Å²) in [7, 11) is 1.81. The lowest BCUT2D eigenvalue weighted by Gasteiger charge is -2.35. The SMILES string of the molecule is COC(C)C(C)N(CC(C)C)CC1CCCN1. The molecular formula is C14H30N2O. The molecule has 0 spiro atoms. The van der Waals surface area contributed by atoms with E-state index in [2.05, 4.69) is 37.9 Å². The second kappa shape index (κ2) is 7.34. The molecule has 0 radical (unpaired) electrons. The maximum atomic E-state index is 5.48. The topological polar surface area (TPSA) is 24.5 Å². The number of ether oxygens (including phenoxy) is 1. The van der Waals surface area contributed by atoms with Crippen molar-refractivity contribution in [3.63, 3.8) is 0 Å². The van der Waals surface area contributed by atoms with Gasteiger partial charge in [0.15, 0.2) is 0 Å². The van der Waals surface area contributed by atoms with Crippen LogP contribution in [0.3, 0.4) is 0 Å². The van der Waals surface area contributed by atoms with Gasteiger partial charge in [-0.15, -0.1) is 0 Å². The Labute approximate surface area is 107 Å². The van der Waals surface area contributed by atoms with E-state index in [0.717, 1.165) is 13.1 Å². The Balaban J connectivity index is 2.51. The summed E-state index contributed by atoms with van der Waals surface area (Å²) in [5.41, 5.74) is 0. The predicted octanol–water partition coefficient (Wildman–Crippen LogP) is 2.12. The van der Waals surface area contributed by atoms with Crippen molar-refractivity contribution >= 4 is 0 Å². The third kappa shape index (κ3) is 4.94. The Morgan fingerprint density at radius 1 is 1.29 bits per heavy atom. The van der Waals surface area contributed by atoms with Crippen LogP contribution in [0.15, 0.2) is 0 Å². The molecular weight excluding hydrogens is 212 g/mol. The maximum Gasteiger partial charge on any atom is 0.0695 e. The third-order valence-corrected chi connectivity index (χ3v) is 3.84. The third-order valence-electron chi connectivity index (χ3n) is 3.84. The normalized spacial score (nSPS) is 24.5. The molecule has 0 aliphatic carbocycles. The number of methoxy groups -OCH3 is 1. The first-order valence-electron chi connectivity index (χ1n) is 7.04. The van der Waals surface area contributed by atoms with Crippen molar-refractivity contribution in [1.29, 1.82) is 0 Å². The van der Waals surface area contributed by atoms with Crippen molar-refractivity contribution in [2.45, 2.75) is 58.7 Å². The Morgan fingerprint density at radius 2 is 2.00 bits per heavy atom. The largest absolute Gasteiger partial charge is 0.380 e. The molecule has 1 fully saturated rings. The molecule has 1 aliphatic heterocycles. The van der Waals surface area contributed by atoms with E-state index < -0.39 is 0 Å². The number of nitrogens with one attached hydrogen (secondary N) is 1. The molecule has 3 unspecified atom stereocenters. The minimum Gasteiger partial charge on any atom is -0.380 e. The lowest BCUT2D eigenvalue weighted by atomic mass is 10.1. The summed E-state index contributed by atoms with van der Waals surface area (Å²) < 4.78 is 5.48. The van der Waals surface area contributed by atoms with Crippen LogP contribution in [0.2, 0.25) is 0 Å². The second-order valence-corrected chi connectivity index (χ2v) is 5.82. The summed E-state index contributed by atoms with van der Waals surface area (Å²) in [6.07, 6.45) is 2.95. The van der Waals surface area contributed by atoms with Gasteiger partial charge in [-0.25, -0.2) is 0 Å². The first-order valence-corrected chi connectivity index (χ1v) is 7.04. The maximum absolute atomic E-state index is 5.48. The fourth-order valence-corrected chi connectivity index (χ4v) is 2.57. The summed E-state index contributed by atoms with van der Waals surface area (Å²) in [6.45, 7) is 12.5. The van der Waals surface area contributed by atoms with Crippen LogP contribution in [0.4, 0.5) is 0 Å². The summed E-state index contributed by atoms with van der Waals surface area (Å²) in [4.78, 5) is 2.59. The molecule has 0 aromatic heterocycles. The van der Waals surface area contributed by atoms with E-state index in [1.54, 1.807) is 0 Å². The standard InChI is InChI=1S/C14H30N2O/c1-11(2)9-16(12(3)13(4)17-5)10-14-7-6-8-15-14/h11-15H,6-10H2,1-5H3. The highest BCUT2D eigenvalue weighted by Gasteiger charge is 2.25. The van der Waals surface area contributed by atoms with Gasteiger partial charge in [-0.3, -0.25) is 4.90 Å². The van der Waals surface area contributed by atoms with Crippen LogP contribution in [-0.2, 0) is 4.74 Å². The average Bonchev–Trinajstić information content (AvgIpc) is 2.78. The zero-order valence-electron chi connectivity index (χ0n) is 12.2. The van der Waals surface area contributed by atoms with Crippen LogP contribution in [0.5, 0.6) is 0 Å². The van der Waals surface area contributed by atoms with Gasteiger partial charge in [0.2, 0.25) is 0 Å². The van der Waals surface area contributed by atoms with Gasteiger partial charge in [0.1, 0.15) is 0 Å². The molecule has 0 aromatic carbocycles. The summed E-state index contributed by atoms with van der Waals surface area (Å²) in [6, 6.07) is 1.17. The Kier molecular flexibility index (Phi) is 6.45. The van der Waals surface area contributed by atoms with Crippen LogP contribution in [-0.4, -0.2) is 49.8 Å². The van der Waals surface area contributed by atoms with Gasteiger partial charge in [0, 0.05) is 32.3 Å². The van der Waals surface area contributed by atoms with Crippen molar-refractivity contribution in [2.24, 2.45) is 5.92 Å². The molecule has 0 bridgehead atoms. The first-order chi connectivity index (χ1) is 8.04. The van der Waals surface area contributed by atoms with Gasteiger partial charge in [-0.2, -0.15) is 0 Å². The monoisotopic (exact) mass is 242 g/mol. The number of nitrogens with zero attached hydrogens (tertiary/aromatic N) is 1. The average molecular weight is 242 g/mol. The van der Waals surface area contributed by atoms with E-state index in [0.29, 0.717) is 24.1 Å². The molecule has 17 heavy (non-hydrogen) atoms. The lowest BCUT2D eigenvalue weighted by molar-refractivity contribution is 0.0253.